The number of Topliss-reactive ketones (excluding diaryl/α,β-unsaturated/α-hetero) is 1. The van der Waals surface area contributed by atoms with E-state index in [-0.39, 0.29) is 25.0 Å². The third-order valence-corrected chi connectivity index (χ3v) is 2.97. The molecule has 6 N–H and O–H groups in total. The molecule has 0 aromatic carbocycles. The van der Waals surface area contributed by atoms with Gasteiger partial charge in [0.2, 0.25) is 17.7 Å². The summed E-state index contributed by atoms with van der Waals surface area (Å²) in [6.45, 7) is 1.31. The van der Waals surface area contributed by atoms with E-state index in [0.717, 1.165) is 0 Å². The molecule has 0 heterocycles. The van der Waals surface area contributed by atoms with Crippen molar-refractivity contribution in [2.75, 3.05) is 4.55 Å². The molecule has 9 heteroatoms. The normalized spacial score (nSPS) is 13.3. The fraction of sp³-hybridized carbons (Fsp3) is 0.636. The lowest BCUT2D eigenvalue weighted by Gasteiger charge is -2.20. The summed E-state index contributed by atoms with van der Waals surface area (Å²) >= 11 is 1.98. The lowest BCUT2D eigenvalue weighted by molar-refractivity contribution is -0.130. The molecule has 0 aromatic heterocycles. The fourth-order valence-corrected chi connectivity index (χ4v) is 2.02. The molecule has 0 bridgehead atoms. The van der Waals surface area contributed by atoms with Gasteiger partial charge in [-0.3, -0.25) is 24.5 Å². The predicted octanol–water partition coefficient (Wildman–Crippen LogP) is -1.45. The Morgan fingerprint density at radius 1 is 1.10 bits per heavy atom. The van der Waals surface area contributed by atoms with Gasteiger partial charge in [-0.2, -0.15) is 0 Å². The molecule has 0 aliphatic heterocycles. The van der Waals surface area contributed by atoms with Crippen LogP contribution >= 0.6 is 22.6 Å². The van der Waals surface area contributed by atoms with Gasteiger partial charge in [0, 0.05) is 11.0 Å². The van der Waals surface area contributed by atoms with Gasteiger partial charge in [0.05, 0.1) is 18.5 Å². The molecule has 3 amide bonds. The Balaban J connectivity index is 4.64. The van der Waals surface area contributed by atoms with Crippen LogP contribution in [0.15, 0.2) is 0 Å². The summed E-state index contributed by atoms with van der Waals surface area (Å²) in [5.41, 5.74) is 10.1. The van der Waals surface area contributed by atoms with Crippen molar-refractivity contribution in [3.05, 3.63) is 0 Å². The third-order valence-electron chi connectivity index (χ3n) is 2.53. The van der Waals surface area contributed by atoms with Gasteiger partial charge in [0.25, 0.3) is 0 Å². The summed E-state index contributed by atoms with van der Waals surface area (Å²) < 4.78 is 0.440. The number of hydrogen-bond acceptors (Lipinski definition) is 5. The Labute approximate surface area is 130 Å². The highest BCUT2D eigenvalue weighted by molar-refractivity contribution is 14.1. The van der Waals surface area contributed by atoms with E-state index in [0.29, 0.717) is 4.55 Å². The fourth-order valence-electron chi connectivity index (χ4n) is 1.49. The molecule has 2 atom stereocenters. The standard InChI is InChI=1S/C11H19IN4O4/c1-6(17)7(2-3-9(13)18)16-11(20)8(15-5-12)4-10(14)19/h7-8,15H,2-5H2,1H3,(H2,13,18)(H2,14,19)(H,16,20)/t7-,8-/m0/s1. The number of amides is 3. The number of ketones is 1. The maximum absolute atomic E-state index is 12.0. The molecule has 8 nitrogen and oxygen atoms in total. The molecule has 20 heavy (non-hydrogen) atoms. The minimum absolute atomic E-state index is 0.00920. The van der Waals surface area contributed by atoms with Crippen LogP contribution in [0.3, 0.4) is 0 Å². The highest BCUT2D eigenvalue weighted by Gasteiger charge is 2.24. The molecule has 0 aromatic rings. The van der Waals surface area contributed by atoms with Gasteiger partial charge in [0.1, 0.15) is 0 Å². The first-order valence-electron chi connectivity index (χ1n) is 5.94. The number of primary amides is 2. The van der Waals surface area contributed by atoms with Gasteiger partial charge in [-0.1, -0.05) is 22.6 Å². The van der Waals surface area contributed by atoms with Crippen LogP contribution < -0.4 is 22.1 Å². The maximum Gasteiger partial charge on any atom is 0.238 e. The lowest BCUT2D eigenvalue weighted by atomic mass is 10.1. The second kappa shape index (κ2) is 9.64. The van der Waals surface area contributed by atoms with Crippen LogP contribution in [0.25, 0.3) is 0 Å². The number of nitrogens with one attached hydrogen (secondary N) is 2. The van der Waals surface area contributed by atoms with Crippen LogP contribution in [0.5, 0.6) is 0 Å². The molecule has 0 spiro atoms. The van der Waals surface area contributed by atoms with Gasteiger partial charge in [0.15, 0.2) is 5.78 Å². The molecular formula is C11H19IN4O4. The van der Waals surface area contributed by atoms with E-state index in [1.807, 2.05) is 22.6 Å². The van der Waals surface area contributed by atoms with Crippen molar-refractivity contribution in [1.82, 2.24) is 10.6 Å². The Kier molecular flexibility index (Phi) is 9.05. The molecule has 0 unspecified atom stereocenters. The number of alkyl halides is 1. The molecule has 0 fully saturated rings. The highest BCUT2D eigenvalue weighted by Crippen LogP contribution is 2.01. The SMILES string of the molecule is CC(=O)[C@H](CCC(N)=O)NC(=O)[C@H](CC(N)=O)NCI. The topological polar surface area (TPSA) is 144 Å². The number of carbonyl (C=O) groups excluding carboxylic acids is 4. The summed E-state index contributed by atoms with van der Waals surface area (Å²) in [7, 11) is 0. The molecule has 0 aliphatic carbocycles. The van der Waals surface area contributed by atoms with Crippen LogP contribution in [0.1, 0.15) is 26.2 Å². The van der Waals surface area contributed by atoms with E-state index in [1.165, 1.54) is 6.92 Å². The molecule has 114 valence electrons. The molecule has 0 radical (unpaired) electrons. The van der Waals surface area contributed by atoms with Crippen molar-refractivity contribution < 1.29 is 19.2 Å². The van der Waals surface area contributed by atoms with Crippen LogP contribution in [-0.2, 0) is 19.2 Å². The van der Waals surface area contributed by atoms with Crippen molar-refractivity contribution in [2.24, 2.45) is 11.5 Å². The van der Waals surface area contributed by atoms with Gasteiger partial charge >= 0.3 is 0 Å². The van der Waals surface area contributed by atoms with E-state index in [9.17, 15) is 19.2 Å². The number of nitrogens with two attached hydrogens (primary N) is 2. The van der Waals surface area contributed by atoms with Crippen molar-refractivity contribution in [2.45, 2.75) is 38.3 Å². The van der Waals surface area contributed by atoms with Crippen molar-refractivity contribution in [1.29, 1.82) is 0 Å². The molecular weight excluding hydrogens is 379 g/mol. The number of rotatable bonds is 10. The Morgan fingerprint density at radius 3 is 2.10 bits per heavy atom. The molecule has 0 aliphatic rings. The second-order valence-corrected chi connectivity index (χ2v) is 5.00. The maximum atomic E-state index is 12.0. The average Bonchev–Trinajstić information content (AvgIpc) is 2.32. The zero-order valence-corrected chi connectivity index (χ0v) is 13.3. The van der Waals surface area contributed by atoms with E-state index < -0.39 is 29.8 Å². The van der Waals surface area contributed by atoms with Crippen LogP contribution in [0, 0.1) is 0 Å². The Hall–Kier alpha value is -1.23. The Morgan fingerprint density at radius 2 is 1.70 bits per heavy atom. The summed E-state index contributed by atoms with van der Waals surface area (Å²) in [5, 5.41) is 5.29. The molecule has 0 rings (SSSR count). The quantitative estimate of drug-likeness (QED) is 0.202. The monoisotopic (exact) mass is 398 g/mol. The van der Waals surface area contributed by atoms with Crippen LogP contribution in [0.4, 0.5) is 0 Å². The summed E-state index contributed by atoms with van der Waals surface area (Å²) in [6, 6.07) is -1.61. The van der Waals surface area contributed by atoms with Crippen molar-refractivity contribution in [3.63, 3.8) is 0 Å². The van der Waals surface area contributed by atoms with E-state index in [4.69, 9.17) is 11.5 Å². The smallest absolute Gasteiger partial charge is 0.238 e. The number of carbonyl (C=O) groups is 4. The summed E-state index contributed by atoms with van der Waals surface area (Å²) in [6.07, 6.45) is -0.0516. The first kappa shape index (κ1) is 18.8. The third kappa shape index (κ3) is 8.04. The zero-order chi connectivity index (χ0) is 15.7. The lowest BCUT2D eigenvalue weighted by Crippen LogP contribution is -2.51. The van der Waals surface area contributed by atoms with Crippen molar-refractivity contribution >= 4 is 46.1 Å². The van der Waals surface area contributed by atoms with Gasteiger partial charge in [-0.05, 0) is 13.3 Å². The van der Waals surface area contributed by atoms with Gasteiger partial charge in [-0.25, -0.2) is 0 Å². The summed E-state index contributed by atoms with van der Waals surface area (Å²) in [4.78, 5) is 45.0. The molecule has 0 saturated carbocycles. The van der Waals surface area contributed by atoms with Gasteiger partial charge < -0.3 is 16.8 Å². The van der Waals surface area contributed by atoms with Crippen LogP contribution in [-0.4, -0.2) is 40.1 Å². The van der Waals surface area contributed by atoms with E-state index in [2.05, 4.69) is 10.6 Å². The first-order valence-corrected chi connectivity index (χ1v) is 7.47. The second-order valence-electron chi connectivity index (χ2n) is 4.24. The van der Waals surface area contributed by atoms with E-state index in [1.54, 1.807) is 0 Å². The number of halogens is 1. The minimum atomic E-state index is -0.806. The first-order chi connectivity index (χ1) is 9.27. The highest BCUT2D eigenvalue weighted by atomic mass is 127. The summed E-state index contributed by atoms with van der Waals surface area (Å²) in [5.74, 6) is -1.97. The van der Waals surface area contributed by atoms with E-state index >= 15 is 0 Å². The zero-order valence-electron chi connectivity index (χ0n) is 11.1. The van der Waals surface area contributed by atoms with Gasteiger partial charge in [-0.15, -0.1) is 0 Å². The predicted molar refractivity (Wildman–Crippen MR) is 80.7 cm³/mol. The number of hydrogen-bond donors (Lipinski definition) is 4. The molecule has 0 saturated heterocycles. The largest absolute Gasteiger partial charge is 0.370 e. The minimum Gasteiger partial charge on any atom is -0.370 e. The Bertz CT molecular complexity index is 389. The van der Waals surface area contributed by atoms with Crippen LogP contribution in [0.2, 0.25) is 0 Å². The average molecular weight is 398 g/mol. The van der Waals surface area contributed by atoms with Crippen molar-refractivity contribution in [3.8, 4) is 0 Å².